The number of hydrogen-bond acceptors (Lipinski definition) is 6. The molecule has 21 heavy (non-hydrogen) atoms. The third-order valence-electron chi connectivity index (χ3n) is 3.09. The average molecular weight is 307 g/mol. The number of anilines is 1. The average Bonchev–Trinajstić information content (AvgIpc) is 2.54. The van der Waals surface area contributed by atoms with Crippen molar-refractivity contribution in [2.75, 3.05) is 31.2 Å². The molecule has 0 spiro atoms. The first-order valence-electron chi connectivity index (χ1n) is 6.71. The van der Waals surface area contributed by atoms with Gasteiger partial charge in [0.05, 0.1) is 18.9 Å². The summed E-state index contributed by atoms with van der Waals surface area (Å²) in [4.78, 5) is 14.6. The van der Waals surface area contributed by atoms with Crippen LogP contribution in [0.3, 0.4) is 0 Å². The summed E-state index contributed by atoms with van der Waals surface area (Å²) < 4.78 is 11.0. The van der Waals surface area contributed by atoms with E-state index in [1.54, 1.807) is 12.3 Å². The highest BCUT2D eigenvalue weighted by Crippen LogP contribution is 2.21. The van der Waals surface area contributed by atoms with Gasteiger partial charge in [-0.25, -0.2) is 4.98 Å². The van der Waals surface area contributed by atoms with E-state index >= 15 is 0 Å². The fourth-order valence-corrected chi connectivity index (χ4v) is 2.22. The van der Waals surface area contributed by atoms with Crippen molar-refractivity contribution in [1.82, 2.24) is 15.0 Å². The molecular formula is C14H15ClN4O2. The van der Waals surface area contributed by atoms with Gasteiger partial charge in [0.2, 0.25) is 11.2 Å². The van der Waals surface area contributed by atoms with Crippen LogP contribution in [0.1, 0.15) is 5.69 Å². The summed E-state index contributed by atoms with van der Waals surface area (Å²) in [6, 6.07) is 7.46. The summed E-state index contributed by atoms with van der Waals surface area (Å²) in [6.45, 7) is 3.29. The van der Waals surface area contributed by atoms with Gasteiger partial charge in [-0.2, -0.15) is 4.98 Å². The number of ether oxygens (including phenoxy) is 2. The highest BCUT2D eigenvalue weighted by molar-refractivity contribution is 6.28. The summed E-state index contributed by atoms with van der Waals surface area (Å²) in [7, 11) is 0. The summed E-state index contributed by atoms with van der Waals surface area (Å²) in [5.74, 6) is 1.21. The van der Waals surface area contributed by atoms with Gasteiger partial charge in [0, 0.05) is 25.4 Å². The highest BCUT2D eigenvalue weighted by atomic mass is 35.5. The molecule has 0 radical (unpaired) electrons. The van der Waals surface area contributed by atoms with Gasteiger partial charge >= 0.3 is 0 Å². The Morgan fingerprint density at radius 1 is 1.24 bits per heavy atom. The van der Waals surface area contributed by atoms with Crippen molar-refractivity contribution in [2.24, 2.45) is 0 Å². The van der Waals surface area contributed by atoms with E-state index in [2.05, 4.69) is 19.9 Å². The molecule has 1 fully saturated rings. The molecule has 0 amide bonds. The van der Waals surface area contributed by atoms with E-state index in [-0.39, 0.29) is 5.28 Å². The second kappa shape index (κ2) is 6.69. The third kappa shape index (κ3) is 3.80. The van der Waals surface area contributed by atoms with Crippen LogP contribution in [-0.4, -0.2) is 41.3 Å². The van der Waals surface area contributed by atoms with Crippen LogP contribution >= 0.6 is 11.6 Å². The maximum absolute atomic E-state index is 5.98. The predicted octanol–water partition coefficient (Wildman–Crippen LogP) is 1.94. The zero-order valence-corrected chi connectivity index (χ0v) is 12.2. The summed E-state index contributed by atoms with van der Waals surface area (Å²) in [5.41, 5.74) is 0.833. The van der Waals surface area contributed by atoms with Crippen LogP contribution in [0.25, 0.3) is 0 Å². The normalized spacial score (nSPS) is 15.0. The fourth-order valence-electron chi connectivity index (χ4n) is 2.05. The minimum Gasteiger partial charge on any atom is -0.471 e. The number of pyridine rings is 1. The number of aromatic nitrogens is 3. The van der Waals surface area contributed by atoms with Gasteiger partial charge in [-0.15, -0.1) is 0 Å². The topological polar surface area (TPSA) is 60.4 Å². The number of halogens is 1. The monoisotopic (exact) mass is 306 g/mol. The number of nitrogens with zero attached hydrogens (tertiary/aromatic N) is 4. The molecule has 3 rings (SSSR count). The van der Waals surface area contributed by atoms with Gasteiger partial charge in [-0.3, -0.25) is 4.98 Å². The highest BCUT2D eigenvalue weighted by Gasteiger charge is 2.15. The van der Waals surface area contributed by atoms with Crippen molar-refractivity contribution < 1.29 is 9.47 Å². The number of hydrogen-bond donors (Lipinski definition) is 0. The van der Waals surface area contributed by atoms with E-state index in [9.17, 15) is 0 Å². The van der Waals surface area contributed by atoms with E-state index in [0.717, 1.165) is 24.6 Å². The molecule has 2 aromatic rings. The van der Waals surface area contributed by atoms with Crippen molar-refractivity contribution in [3.8, 4) is 5.88 Å². The van der Waals surface area contributed by atoms with Crippen molar-refractivity contribution in [3.05, 3.63) is 41.4 Å². The van der Waals surface area contributed by atoms with E-state index < -0.39 is 0 Å². The minimum absolute atomic E-state index is 0.176. The van der Waals surface area contributed by atoms with Crippen molar-refractivity contribution in [3.63, 3.8) is 0 Å². The largest absolute Gasteiger partial charge is 0.471 e. The van der Waals surface area contributed by atoms with Crippen LogP contribution in [0.4, 0.5) is 5.82 Å². The van der Waals surface area contributed by atoms with Crippen molar-refractivity contribution >= 4 is 17.4 Å². The Hall–Kier alpha value is -1.92. The minimum atomic E-state index is 0.176. The van der Waals surface area contributed by atoms with Gasteiger partial charge in [-0.1, -0.05) is 6.07 Å². The summed E-state index contributed by atoms with van der Waals surface area (Å²) >= 11 is 5.98. The van der Waals surface area contributed by atoms with E-state index in [4.69, 9.17) is 21.1 Å². The fraction of sp³-hybridized carbons (Fsp3) is 0.357. The van der Waals surface area contributed by atoms with Crippen molar-refractivity contribution in [1.29, 1.82) is 0 Å². The lowest BCUT2D eigenvalue weighted by Gasteiger charge is -2.27. The lowest BCUT2D eigenvalue weighted by Crippen LogP contribution is -2.36. The molecule has 0 saturated carbocycles. The molecular weight excluding hydrogens is 292 g/mol. The maximum atomic E-state index is 5.98. The lowest BCUT2D eigenvalue weighted by atomic mass is 10.4. The van der Waals surface area contributed by atoms with Crippen LogP contribution in [0, 0.1) is 0 Å². The molecule has 0 unspecified atom stereocenters. The molecule has 0 bridgehead atoms. The van der Waals surface area contributed by atoms with E-state index in [1.807, 2.05) is 18.2 Å². The van der Waals surface area contributed by atoms with Gasteiger partial charge in [0.1, 0.15) is 12.4 Å². The van der Waals surface area contributed by atoms with Gasteiger partial charge < -0.3 is 14.4 Å². The quantitative estimate of drug-likeness (QED) is 0.805. The van der Waals surface area contributed by atoms with E-state index in [0.29, 0.717) is 25.7 Å². The summed E-state index contributed by atoms with van der Waals surface area (Å²) in [5, 5.41) is 0.176. The molecule has 1 aliphatic rings. The smallest absolute Gasteiger partial charge is 0.227 e. The Kier molecular flexibility index (Phi) is 4.47. The SMILES string of the molecule is Clc1nc(OCc2ccccn2)cc(N2CCOCC2)n1. The standard InChI is InChI=1S/C14H15ClN4O2/c15-14-17-12(19-5-7-20-8-6-19)9-13(18-14)21-10-11-3-1-2-4-16-11/h1-4,9H,5-8,10H2. The Bertz CT molecular complexity index is 591. The lowest BCUT2D eigenvalue weighted by molar-refractivity contribution is 0.122. The predicted molar refractivity (Wildman–Crippen MR) is 78.6 cm³/mol. The molecule has 0 aromatic carbocycles. The number of rotatable bonds is 4. The second-order valence-electron chi connectivity index (χ2n) is 4.54. The van der Waals surface area contributed by atoms with Crippen LogP contribution in [0.5, 0.6) is 5.88 Å². The van der Waals surface area contributed by atoms with Crippen LogP contribution in [0.15, 0.2) is 30.5 Å². The second-order valence-corrected chi connectivity index (χ2v) is 4.88. The first kappa shape index (κ1) is 14.0. The molecule has 1 aliphatic heterocycles. The molecule has 2 aromatic heterocycles. The molecule has 0 aliphatic carbocycles. The van der Waals surface area contributed by atoms with Gasteiger partial charge in [0.25, 0.3) is 0 Å². The Morgan fingerprint density at radius 2 is 2.10 bits per heavy atom. The zero-order chi connectivity index (χ0) is 14.5. The Morgan fingerprint density at radius 3 is 2.86 bits per heavy atom. The molecule has 3 heterocycles. The van der Waals surface area contributed by atoms with Crippen molar-refractivity contribution in [2.45, 2.75) is 6.61 Å². The van der Waals surface area contributed by atoms with Crippen LogP contribution < -0.4 is 9.64 Å². The Balaban J connectivity index is 1.71. The maximum Gasteiger partial charge on any atom is 0.227 e. The first-order chi connectivity index (χ1) is 10.3. The van der Waals surface area contributed by atoms with Crippen LogP contribution in [0.2, 0.25) is 5.28 Å². The molecule has 0 atom stereocenters. The van der Waals surface area contributed by atoms with Gasteiger partial charge in [-0.05, 0) is 23.7 Å². The van der Waals surface area contributed by atoms with Gasteiger partial charge in [0.15, 0.2) is 0 Å². The molecule has 1 saturated heterocycles. The molecule has 0 N–H and O–H groups in total. The zero-order valence-electron chi connectivity index (χ0n) is 11.4. The molecule has 7 heteroatoms. The number of morpholine rings is 1. The summed E-state index contributed by atoms with van der Waals surface area (Å²) in [6.07, 6.45) is 1.73. The molecule has 6 nitrogen and oxygen atoms in total. The molecule has 110 valence electrons. The first-order valence-corrected chi connectivity index (χ1v) is 7.09. The Labute approximate surface area is 127 Å². The third-order valence-corrected chi connectivity index (χ3v) is 3.26. The van der Waals surface area contributed by atoms with Crippen LogP contribution in [-0.2, 0) is 11.3 Å². The van der Waals surface area contributed by atoms with E-state index in [1.165, 1.54) is 0 Å².